The van der Waals surface area contributed by atoms with Crippen molar-refractivity contribution in [2.75, 3.05) is 12.3 Å². The molecule has 4 aliphatic rings. The van der Waals surface area contributed by atoms with Gasteiger partial charge in [-0.3, -0.25) is 14.6 Å². The van der Waals surface area contributed by atoms with Crippen molar-refractivity contribution >= 4 is 23.5 Å². The van der Waals surface area contributed by atoms with E-state index in [2.05, 4.69) is 35.8 Å². The van der Waals surface area contributed by atoms with E-state index in [4.69, 9.17) is 15.0 Å². The Morgan fingerprint density at radius 3 is 2.84 bits per heavy atom. The molecule has 1 aromatic rings. The molecule has 0 aromatic carbocycles. The number of thioether (sulfide) groups is 1. The molecule has 4 fully saturated rings. The second kappa shape index (κ2) is 10.5. The number of nitrogens with zero attached hydrogens (tertiary/aromatic N) is 4. The summed E-state index contributed by atoms with van der Waals surface area (Å²) in [6.45, 7) is 6.79. The highest BCUT2D eigenvalue weighted by molar-refractivity contribution is 8.00. The zero-order valence-electron chi connectivity index (χ0n) is 22.4. The molecule has 2 bridgehead atoms. The minimum absolute atomic E-state index is 0.119. The monoisotopic (exact) mass is 542 g/mol. The van der Waals surface area contributed by atoms with Crippen LogP contribution in [0.2, 0.25) is 0 Å². The quantitative estimate of drug-likeness (QED) is 0.0915. The highest BCUT2D eigenvalue weighted by Gasteiger charge is 2.73. The van der Waals surface area contributed by atoms with Crippen LogP contribution in [-0.2, 0) is 19.1 Å². The zero-order chi connectivity index (χ0) is 27.1. The molecule has 0 unspecified atom stereocenters. The number of aliphatic hydroxyl groups is 1. The molecule has 1 N–H and O–H groups in total. The Bertz CT molecular complexity index is 1120. The molecule has 1 saturated heterocycles. The van der Waals surface area contributed by atoms with Crippen LogP contribution < -0.4 is 0 Å². The van der Waals surface area contributed by atoms with Gasteiger partial charge in [0.2, 0.25) is 0 Å². The van der Waals surface area contributed by atoms with Gasteiger partial charge in [-0.1, -0.05) is 25.9 Å². The van der Waals surface area contributed by atoms with Crippen LogP contribution in [0.1, 0.15) is 65.7 Å². The number of aliphatic hydroxyl groups excluding tert-OH is 1. The SMILES string of the molecule is C[C@@H]1CC[C@@]23CCC(=O)[C@H]2[C@]1(C)[C@@H](OC(=O)CSc1ccncc1)C[C@@]1(O[C@@H]1CCCN=[N+]=[N-])[C@@H](O)[C@@H]3C. The molecular formula is C28H38N4O5S. The fourth-order valence-corrected chi connectivity index (χ4v) is 8.84. The Morgan fingerprint density at radius 2 is 2.11 bits per heavy atom. The summed E-state index contributed by atoms with van der Waals surface area (Å²) < 4.78 is 12.7. The number of ketones is 1. The number of hydrogen-bond donors (Lipinski definition) is 1. The van der Waals surface area contributed by atoms with Crippen LogP contribution >= 0.6 is 11.8 Å². The third kappa shape index (κ3) is 4.43. The third-order valence-electron chi connectivity index (χ3n) is 10.5. The van der Waals surface area contributed by atoms with Crippen molar-refractivity contribution in [2.24, 2.45) is 33.7 Å². The summed E-state index contributed by atoms with van der Waals surface area (Å²) >= 11 is 1.40. The van der Waals surface area contributed by atoms with Crippen LogP contribution in [0, 0.1) is 28.6 Å². The first kappa shape index (κ1) is 27.4. The lowest BCUT2D eigenvalue weighted by Crippen LogP contribution is -2.63. The molecule has 1 aromatic heterocycles. The predicted octanol–water partition coefficient (Wildman–Crippen LogP) is 5.12. The topological polar surface area (TPSA) is 138 Å². The molecule has 3 saturated carbocycles. The number of rotatable bonds is 8. The zero-order valence-corrected chi connectivity index (χ0v) is 23.2. The van der Waals surface area contributed by atoms with Gasteiger partial charge in [0.25, 0.3) is 0 Å². The first-order valence-corrected chi connectivity index (χ1v) is 14.8. The van der Waals surface area contributed by atoms with Crippen LogP contribution in [0.4, 0.5) is 0 Å². The number of hydrogen-bond acceptors (Lipinski definition) is 8. The molecule has 0 radical (unpaired) electrons. The molecule has 1 aliphatic heterocycles. The van der Waals surface area contributed by atoms with Crippen LogP contribution in [0.25, 0.3) is 10.4 Å². The molecular weight excluding hydrogens is 504 g/mol. The lowest BCUT2D eigenvalue weighted by molar-refractivity contribution is -0.201. The lowest BCUT2D eigenvalue weighted by atomic mass is 9.45. The Labute approximate surface area is 228 Å². The third-order valence-corrected chi connectivity index (χ3v) is 11.4. The van der Waals surface area contributed by atoms with Crippen molar-refractivity contribution in [2.45, 2.75) is 94.5 Å². The largest absolute Gasteiger partial charge is 0.461 e. The maximum absolute atomic E-state index is 13.6. The second-order valence-electron chi connectivity index (χ2n) is 12.0. The van der Waals surface area contributed by atoms with E-state index in [0.29, 0.717) is 32.2 Å². The molecule has 206 valence electrons. The molecule has 10 heteroatoms. The summed E-state index contributed by atoms with van der Waals surface area (Å²) in [7, 11) is 0. The van der Waals surface area contributed by atoms with E-state index in [1.807, 2.05) is 12.1 Å². The van der Waals surface area contributed by atoms with Gasteiger partial charge < -0.3 is 14.6 Å². The summed E-state index contributed by atoms with van der Waals surface area (Å²) in [5.74, 6) is -0.137. The molecule has 2 heterocycles. The van der Waals surface area contributed by atoms with Gasteiger partial charge in [-0.15, -0.1) is 11.8 Å². The maximum Gasteiger partial charge on any atom is 0.316 e. The van der Waals surface area contributed by atoms with Gasteiger partial charge in [0, 0.05) is 52.9 Å². The van der Waals surface area contributed by atoms with Gasteiger partial charge in [-0.2, -0.15) is 0 Å². The van der Waals surface area contributed by atoms with Crippen LogP contribution in [-0.4, -0.2) is 58.1 Å². The van der Waals surface area contributed by atoms with Crippen molar-refractivity contribution in [3.05, 3.63) is 35.0 Å². The standard InChI is InChI=1S/C28H38N4O5S/c1-17-6-10-27-11-7-20(33)24(27)26(17,3)22(36-23(34)16-38-19-8-13-30-14-9-19)15-28(25(35)18(27)2)21(37-28)5-4-12-31-32-29/h8-9,13-14,17-18,21-22,24-25,35H,4-7,10-12,15-16H2,1-3H3/t17-,18+,21-,22+,24+,25+,26+,27+,28+/m1/s1. The maximum atomic E-state index is 13.6. The minimum Gasteiger partial charge on any atom is -0.461 e. The van der Waals surface area contributed by atoms with E-state index in [1.165, 1.54) is 11.8 Å². The number of ether oxygens (including phenoxy) is 2. The van der Waals surface area contributed by atoms with Gasteiger partial charge in [0.1, 0.15) is 17.5 Å². The number of Topliss-reactive ketones (excluding diaryl/α,β-unsaturated/α-hetero) is 1. The van der Waals surface area contributed by atoms with E-state index in [1.54, 1.807) is 12.4 Å². The fourth-order valence-electron chi connectivity index (χ4n) is 8.18. The predicted molar refractivity (Wildman–Crippen MR) is 142 cm³/mol. The smallest absolute Gasteiger partial charge is 0.316 e. The van der Waals surface area contributed by atoms with Gasteiger partial charge in [-0.05, 0) is 67.0 Å². The molecule has 5 rings (SSSR count). The average molecular weight is 543 g/mol. The number of azide groups is 1. The van der Waals surface area contributed by atoms with Gasteiger partial charge in [0.15, 0.2) is 0 Å². The Balaban J connectivity index is 1.46. The molecule has 1 spiro atoms. The average Bonchev–Trinajstić information content (AvgIpc) is 3.50. The molecule has 3 aliphatic carbocycles. The van der Waals surface area contributed by atoms with Crippen LogP contribution in [0.3, 0.4) is 0 Å². The Morgan fingerprint density at radius 1 is 1.34 bits per heavy atom. The van der Waals surface area contributed by atoms with E-state index < -0.39 is 23.2 Å². The summed E-state index contributed by atoms with van der Waals surface area (Å²) in [6, 6.07) is 3.71. The normalized spacial score (nSPS) is 41.5. The summed E-state index contributed by atoms with van der Waals surface area (Å²) in [4.78, 5) is 34.6. The summed E-state index contributed by atoms with van der Waals surface area (Å²) in [5, 5.41) is 15.5. The van der Waals surface area contributed by atoms with E-state index >= 15 is 0 Å². The van der Waals surface area contributed by atoms with Gasteiger partial charge in [-0.25, -0.2) is 0 Å². The van der Waals surface area contributed by atoms with Crippen molar-refractivity contribution in [1.29, 1.82) is 0 Å². The molecule has 9 nitrogen and oxygen atoms in total. The fraction of sp³-hybridized carbons (Fsp3) is 0.750. The van der Waals surface area contributed by atoms with Crippen LogP contribution in [0.5, 0.6) is 0 Å². The number of esters is 1. The first-order chi connectivity index (χ1) is 18.2. The Hall–Kier alpha value is -2.13. The molecule has 38 heavy (non-hydrogen) atoms. The number of carbonyl (C=O) groups excluding carboxylic acids is 2. The molecule has 0 amide bonds. The van der Waals surface area contributed by atoms with E-state index in [0.717, 1.165) is 24.2 Å². The van der Waals surface area contributed by atoms with E-state index in [-0.39, 0.29) is 46.8 Å². The van der Waals surface area contributed by atoms with Crippen molar-refractivity contribution in [3.8, 4) is 0 Å². The van der Waals surface area contributed by atoms with Crippen molar-refractivity contribution in [1.82, 2.24) is 4.98 Å². The second-order valence-corrected chi connectivity index (χ2v) is 13.0. The molecule has 9 atom stereocenters. The van der Waals surface area contributed by atoms with Crippen LogP contribution in [0.15, 0.2) is 34.5 Å². The summed E-state index contributed by atoms with van der Waals surface area (Å²) in [6.07, 6.45) is 6.60. The number of pyridine rings is 1. The minimum atomic E-state index is -0.832. The van der Waals surface area contributed by atoms with Gasteiger partial charge in [0.05, 0.1) is 18.0 Å². The van der Waals surface area contributed by atoms with Crippen molar-refractivity contribution < 1.29 is 24.2 Å². The highest BCUT2D eigenvalue weighted by atomic mass is 32.2. The van der Waals surface area contributed by atoms with Gasteiger partial charge >= 0.3 is 5.97 Å². The number of aromatic nitrogens is 1. The summed E-state index contributed by atoms with van der Waals surface area (Å²) in [5.41, 5.74) is 6.92. The lowest BCUT2D eigenvalue weighted by Gasteiger charge is -2.60. The number of epoxide rings is 1. The van der Waals surface area contributed by atoms with Crippen molar-refractivity contribution in [3.63, 3.8) is 0 Å². The first-order valence-electron chi connectivity index (χ1n) is 13.8. The number of carbonyl (C=O) groups is 2. The highest BCUT2D eigenvalue weighted by Crippen LogP contribution is 2.69. The Kier molecular flexibility index (Phi) is 7.55. The van der Waals surface area contributed by atoms with E-state index in [9.17, 15) is 14.7 Å².